The average Bonchev–Trinajstić information content (AvgIpc) is 2.73. The fraction of sp³-hybridized carbons (Fsp3) is 0.308. The Balaban J connectivity index is 2.10. The highest BCUT2D eigenvalue weighted by Crippen LogP contribution is 2.13. The molecular formula is C13H15N3O3. The van der Waals surface area contributed by atoms with E-state index in [4.69, 9.17) is 0 Å². The number of rotatable bonds is 4. The van der Waals surface area contributed by atoms with Crippen molar-refractivity contribution in [2.75, 3.05) is 24.5 Å². The van der Waals surface area contributed by atoms with Crippen LogP contribution >= 0.6 is 0 Å². The van der Waals surface area contributed by atoms with Crippen LogP contribution in [-0.4, -0.2) is 42.4 Å². The zero-order valence-electron chi connectivity index (χ0n) is 10.6. The van der Waals surface area contributed by atoms with Crippen LogP contribution in [0.3, 0.4) is 0 Å². The molecule has 0 unspecified atom stereocenters. The van der Waals surface area contributed by atoms with Gasteiger partial charge in [0, 0.05) is 12.2 Å². The van der Waals surface area contributed by atoms with Crippen molar-refractivity contribution in [3.05, 3.63) is 30.3 Å². The second kappa shape index (κ2) is 5.51. The maximum atomic E-state index is 12.2. The molecule has 100 valence electrons. The molecule has 0 radical (unpaired) electrons. The van der Waals surface area contributed by atoms with Crippen LogP contribution in [-0.2, 0) is 9.59 Å². The number of benzene rings is 1. The number of hydrogen-bond acceptors (Lipinski definition) is 3. The van der Waals surface area contributed by atoms with Gasteiger partial charge in [0.2, 0.25) is 5.91 Å². The molecule has 6 nitrogen and oxygen atoms in total. The van der Waals surface area contributed by atoms with Crippen LogP contribution in [0.25, 0.3) is 0 Å². The van der Waals surface area contributed by atoms with E-state index < -0.39 is 6.03 Å². The Kier molecular flexibility index (Phi) is 3.79. The molecule has 0 saturated carbocycles. The molecule has 1 aliphatic heterocycles. The van der Waals surface area contributed by atoms with Gasteiger partial charge in [-0.2, -0.15) is 0 Å². The molecule has 0 atom stereocenters. The lowest BCUT2D eigenvalue weighted by molar-refractivity contribution is -0.129. The highest BCUT2D eigenvalue weighted by Gasteiger charge is 2.31. The number of nitrogens with zero attached hydrogens (tertiary/aromatic N) is 2. The fourth-order valence-electron chi connectivity index (χ4n) is 1.95. The van der Waals surface area contributed by atoms with Gasteiger partial charge in [-0.15, -0.1) is 0 Å². The molecule has 0 aromatic heterocycles. The molecule has 4 amide bonds. The van der Waals surface area contributed by atoms with E-state index in [2.05, 4.69) is 5.32 Å². The first-order chi connectivity index (χ1) is 9.13. The quantitative estimate of drug-likeness (QED) is 0.806. The van der Waals surface area contributed by atoms with E-state index in [-0.39, 0.29) is 24.9 Å². The summed E-state index contributed by atoms with van der Waals surface area (Å²) in [5.74, 6) is -0.651. The Morgan fingerprint density at radius 1 is 1.32 bits per heavy atom. The molecule has 19 heavy (non-hydrogen) atoms. The van der Waals surface area contributed by atoms with Crippen LogP contribution < -0.4 is 10.2 Å². The molecule has 1 aliphatic rings. The Morgan fingerprint density at radius 2 is 2.00 bits per heavy atom. The smallest absolute Gasteiger partial charge is 0.325 e. The van der Waals surface area contributed by atoms with Gasteiger partial charge in [-0.1, -0.05) is 18.2 Å². The third kappa shape index (κ3) is 2.73. The van der Waals surface area contributed by atoms with Crippen LogP contribution in [0.5, 0.6) is 0 Å². The number of anilines is 1. The van der Waals surface area contributed by atoms with E-state index in [9.17, 15) is 14.4 Å². The Labute approximate surface area is 111 Å². The molecular weight excluding hydrogens is 246 g/mol. The average molecular weight is 261 g/mol. The lowest BCUT2D eigenvalue weighted by Gasteiger charge is -2.23. The number of para-hydroxylation sites is 1. The highest BCUT2D eigenvalue weighted by molar-refractivity contribution is 6.06. The molecule has 6 heteroatoms. The lowest BCUT2D eigenvalue weighted by atomic mass is 10.3. The standard InChI is InChI=1S/C13H15N3O3/c1-2-15(10-6-4-3-5-7-10)12(18)9-16-11(17)8-14-13(16)19/h3-7H,2,8-9H2,1H3,(H,14,19). The predicted octanol–water partition coefficient (Wildman–Crippen LogP) is 0.591. The van der Waals surface area contributed by atoms with E-state index >= 15 is 0 Å². The molecule has 2 rings (SSSR count). The summed E-state index contributed by atoms with van der Waals surface area (Å²) < 4.78 is 0. The van der Waals surface area contributed by atoms with E-state index in [0.717, 1.165) is 10.6 Å². The molecule has 0 bridgehead atoms. The van der Waals surface area contributed by atoms with Crippen LogP contribution in [0.2, 0.25) is 0 Å². The van der Waals surface area contributed by atoms with Crippen LogP contribution in [0.4, 0.5) is 10.5 Å². The Morgan fingerprint density at radius 3 is 2.53 bits per heavy atom. The molecule has 0 aliphatic carbocycles. The molecule has 0 spiro atoms. The predicted molar refractivity (Wildman–Crippen MR) is 69.6 cm³/mol. The number of urea groups is 1. The summed E-state index contributed by atoms with van der Waals surface area (Å²) in [5.41, 5.74) is 0.752. The summed E-state index contributed by atoms with van der Waals surface area (Å²) in [6, 6.07) is 8.64. The number of nitrogens with one attached hydrogen (secondary N) is 1. The minimum absolute atomic E-state index is 0.0381. The first-order valence-corrected chi connectivity index (χ1v) is 6.07. The van der Waals surface area contributed by atoms with Crippen molar-refractivity contribution in [3.8, 4) is 0 Å². The number of carbonyl (C=O) groups excluding carboxylic acids is 3. The van der Waals surface area contributed by atoms with Gasteiger partial charge in [0.15, 0.2) is 0 Å². The van der Waals surface area contributed by atoms with Crippen molar-refractivity contribution >= 4 is 23.5 Å². The Hall–Kier alpha value is -2.37. The van der Waals surface area contributed by atoms with Crippen LogP contribution in [0.15, 0.2) is 30.3 Å². The van der Waals surface area contributed by atoms with Crippen molar-refractivity contribution < 1.29 is 14.4 Å². The summed E-state index contributed by atoms with van der Waals surface area (Å²) in [7, 11) is 0. The SMILES string of the molecule is CCN(C(=O)CN1C(=O)CNC1=O)c1ccccc1. The van der Waals surface area contributed by atoms with Gasteiger partial charge in [0.25, 0.3) is 5.91 Å². The van der Waals surface area contributed by atoms with Crippen LogP contribution in [0.1, 0.15) is 6.92 Å². The lowest BCUT2D eigenvalue weighted by Crippen LogP contribution is -2.43. The van der Waals surface area contributed by atoms with E-state index in [0.29, 0.717) is 6.54 Å². The minimum Gasteiger partial charge on any atom is -0.329 e. The number of hydrogen-bond donors (Lipinski definition) is 1. The van der Waals surface area contributed by atoms with Crippen molar-refractivity contribution in [2.45, 2.75) is 6.92 Å². The largest absolute Gasteiger partial charge is 0.329 e. The third-order valence-electron chi connectivity index (χ3n) is 2.92. The van der Waals surface area contributed by atoms with E-state index in [1.807, 2.05) is 37.3 Å². The number of carbonyl (C=O) groups is 3. The van der Waals surface area contributed by atoms with E-state index in [1.165, 1.54) is 0 Å². The number of likely N-dealkylation sites (N-methyl/N-ethyl adjacent to an activating group) is 1. The molecule has 1 fully saturated rings. The van der Waals surface area contributed by atoms with Gasteiger partial charge in [0.1, 0.15) is 6.54 Å². The van der Waals surface area contributed by atoms with Gasteiger partial charge in [-0.05, 0) is 19.1 Å². The number of imide groups is 1. The van der Waals surface area contributed by atoms with E-state index in [1.54, 1.807) is 4.90 Å². The monoisotopic (exact) mass is 261 g/mol. The third-order valence-corrected chi connectivity index (χ3v) is 2.92. The highest BCUT2D eigenvalue weighted by atomic mass is 16.2. The zero-order chi connectivity index (χ0) is 13.8. The second-order valence-electron chi connectivity index (χ2n) is 4.11. The number of amides is 4. The van der Waals surface area contributed by atoms with Gasteiger partial charge in [-0.3, -0.25) is 14.5 Å². The molecule has 1 heterocycles. The maximum Gasteiger partial charge on any atom is 0.325 e. The van der Waals surface area contributed by atoms with Crippen molar-refractivity contribution in [3.63, 3.8) is 0 Å². The fourth-order valence-corrected chi connectivity index (χ4v) is 1.95. The van der Waals surface area contributed by atoms with Crippen LogP contribution in [0, 0.1) is 0 Å². The zero-order valence-corrected chi connectivity index (χ0v) is 10.6. The van der Waals surface area contributed by atoms with Gasteiger partial charge in [-0.25, -0.2) is 4.79 Å². The summed E-state index contributed by atoms with van der Waals surface area (Å²) in [5, 5.41) is 2.39. The van der Waals surface area contributed by atoms with Crippen molar-refractivity contribution in [1.82, 2.24) is 10.2 Å². The summed E-state index contributed by atoms with van der Waals surface area (Å²) in [6.45, 7) is 2.06. The molecule has 1 N–H and O–H groups in total. The first kappa shape index (κ1) is 13.1. The molecule has 1 aromatic rings. The molecule has 1 aromatic carbocycles. The maximum absolute atomic E-state index is 12.2. The summed E-state index contributed by atoms with van der Waals surface area (Å²) in [6.07, 6.45) is 0. The normalized spacial score (nSPS) is 14.5. The van der Waals surface area contributed by atoms with Gasteiger partial charge in [0.05, 0.1) is 6.54 Å². The van der Waals surface area contributed by atoms with Crippen molar-refractivity contribution in [2.24, 2.45) is 0 Å². The summed E-state index contributed by atoms with van der Waals surface area (Å²) in [4.78, 5) is 37.5. The van der Waals surface area contributed by atoms with Gasteiger partial charge >= 0.3 is 6.03 Å². The summed E-state index contributed by atoms with van der Waals surface area (Å²) >= 11 is 0. The minimum atomic E-state index is -0.512. The second-order valence-corrected chi connectivity index (χ2v) is 4.11. The first-order valence-electron chi connectivity index (χ1n) is 6.07. The topological polar surface area (TPSA) is 69.7 Å². The Bertz CT molecular complexity index is 485. The van der Waals surface area contributed by atoms with Gasteiger partial charge < -0.3 is 10.2 Å². The molecule has 1 saturated heterocycles. The van der Waals surface area contributed by atoms with Crippen molar-refractivity contribution in [1.29, 1.82) is 0 Å².